The lowest BCUT2D eigenvalue weighted by Gasteiger charge is -2.41. The molecule has 176 valence electrons. The Kier molecular flexibility index (Phi) is 6.91. The van der Waals surface area contributed by atoms with Gasteiger partial charge in [-0.05, 0) is 76.7 Å². The van der Waals surface area contributed by atoms with E-state index in [1.165, 1.54) is 37.9 Å². The van der Waals surface area contributed by atoms with Crippen molar-refractivity contribution in [3.63, 3.8) is 0 Å². The lowest BCUT2D eigenvalue weighted by atomic mass is 9.93. The van der Waals surface area contributed by atoms with E-state index in [0.29, 0.717) is 11.9 Å². The number of likely N-dealkylation sites (tertiary alicyclic amines) is 2. The van der Waals surface area contributed by atoms with E-state index in [2.05, 4.69) is 68.2 Å². The zero-order valence-electron chi connectivity index (χ0n) is 20.0. The van der Waals surface area contributed by atoms with Gasteiger partial charge in [0.1, 0.15) is 0 Å². The molecule has 1 amide bonds. The van der Waals surface area contributed by atoms with Crippen molar-refractivity contribution in [2.45, 2.75) is 57.9 Å². The van der Waals surface area contributed by atoms with Crippen LogP contribution in [0.1, 0.15) is 50.5 Å². The molecule has 2 aromatic rings. The van der Waals surface area contributed by atoms with Crippen LogP contribution in [0.5, 0.6) is 0 Å². The summed E-state index contributed by atoms with van der Waals surface area (Å²) in [5.74, 6) is 1.46. The number of anilines is 1. The van der Waals surface area contributed by atoms with Gasteiger partial charge in [-0.2, -0.15) is 0 Å². The SMILES string of the molecule is Cc1cccc(-c2ccc(N3CCC(C(=O)N4CCC(N5CCCCC5)CC4)CC3)nn2)c1. The zero-order chi connectivity index (χ0) is 22.6. The van der Waals surface area contributed by atoms with Gasteiger partial charge in [0.2, 0.25) is 5.91 Å². The van der Waals surface area contributed by atoms with Gasteiger partial charge in [0, 0.05) is 43.7 Å². The highest BCUT2D eigenvalue weighted by molar-refractivity contribution is 5.79. The second kappa shape index (κ2) is 10.2. The third kappa shape index (κ3) is 5.21. The Labute approximate surface area is 198 Å². The number of aromatic nitrogens is 2. The number of hydrogen-bond acceptors (Lipinski definition) is 5. The number of rotatable bonds is 4. The lowest BCUT2D eigenvalue weighted by Crippen LogP contribution is -2.50. The second-order valence-corrected chi connectivity index (χ2v) is 10.1. The van der Waals surface area contributed by atoms with E-state index >= 15 is 0 Å². The number of carbonyl (C=O) groups excluding carboxylic acids is 1. The Bertz CT molecular complexity index is 924. The van der Waals surface area contributed by atoms with Crippen LogP contribution in [-0.4, -0.2) is 71.2 Å². The largest absolute Gasteiger partial charge is 0.355 e. The number of carbonyl (C=O) groups is 1. The van der Waals surface area contributed by atoms with Gasteiger partial charge in [-0.3, -0.25) is 4.79 Å². The Balaban J connectivity index is 1.11. The minimum Gasteiger partial charge on any atom is -0.355 e. The molecule has 33 heavy (non-hydrogen) atoms. The first-order chi connectivity index (χ1) is 16.2. The number of benzene rings is 1. The van der Waals surface area contributed by atoms with E-state index in [1.807, 2.05) is 0 Å². The van der Waals surface area contributed by atoms with Gasteiger partial charge in [-0.25, -0.2) is 0 Å². The molecule has 3 aliphatic heterocycles. The third-order valence-corrected chi connectivity index (χ3v) is 7.82. The first-order valence-corrected chi connectivity index (χ1v) is 12.9. The minimum absolute atomic E-state index is 0.160. The van der Waals surface area contributed by atoms with Crippen molar-refractivity contribution in [2.75, 3.05) is 44.2 Å². The fourth-order valence-corrected chi connectivity index (χ4v) is 5.80. The summed E-state index contributed by atoms with van der Waals surface area (Å²) >= 11 is 0. The van der Waals surface area contributed by atoms with Crippen LogP contribution in [0.4, 0.5) is 5.82 Å². The molecule has 6 heteroatoms. The van der Waals surface area contributed by atoms with Crippen molar-refractivity contribution in [2.24, 2.45) is 5.92 Å². The summed E-state index contributed by atoms with van der Waals surface area (Å²) in [5.41, 5.74) is 3.23. The smallest absolute Gasteiger partial charge is 0.225 e. The summed E-state index contributed by atoms with van der Waals surface area (Å²) in [5, 5.41) is 8.96. The fourth-order valence-electron chi connectivity index (χ4n) is 5.80. The minimum atomic E-state index is 0.160. The van der Waals surface area contributed by atoms with Crippen molar-refractivity contribution in [3.05, 3.63) is 42.0 Å². The van der Waals surface area contributed by atoms with Crippen LogP contribution in [0.25, 0.3) is 11.3 Å². The normalized spacial score (nSPS) is 21.4. The second-order valence-electron chi connectivity index (χ2n) is 10.1. The van der Waals surface area contributed by atoms with Crippen molar-refractivity contribution >= 4 is 11.7 Å². The molecule has 3 aliphatic rings. The molecule has 5 rings (SSSR count). The van der Waals surface area contributed by atoms with E-state index in [1.54, 1.807) is 0 Å². The van der Waals surface area contributed by atoms with Crippen LogP contribution in [0.2, 0.25) is 0 Å². The molecule has 0 aliphatic carbocycles. The number of hydrogen-bond donors (Lipinski definition) is 0. The van der Waals surface area contributed by atoms with E-state index < -0.39 is 0 Å². The van der Waals surface area contributed by atoms with Crippen LogP contribution in [0.3, 0.4) is 0 Å². The van der Waals surface area contributed by atoms with Crippen molar-refractivity contribution in [3.8, 4) is 11.3 Å². The van der Waals surface area contributed by atoms with Crippen LogP contribution < -0.4 is 4.90 Å². The van der Waals surface area contributed by atoms with Crippen molar-refractivity contribution < 1.29 is 4.79 Å². The van der Waals surface area contributed by atoms with Crippen molar-refractivity contribution in [1.82, 2.24) is 20.0 Å². The Hall–Kier alpha value is -2.47. The number of nitrogens with zero attached hydrogens (tertiary/aromatic N) is 5. The molecule has 0 spiro atoms. The summed E-state index contributed by atoms with van der Waals surface area (Å²) in [6, 6.07) is 13.2. The van der Waals surface area contributed by atoms with E-state index in [4.69, 9.17) is 0 Å². The molecule has 0 bridgehead atoms. The van der Waals surface area contributed by atoms with E-state index in [0.717, 1.165) is 68.9 Å². The molecule has 3 saturated heterocycles. The summed E-state index contributed by atoms with van der Waals surface area (Å²) in [4.78, 5) is 20.3. The Morgan fingerprint density at radius 3 is 2.27 bits per heavy atom. The fraction of sp³-hybridized carbons (Fsp3) is 0.593. The molecule has 4 heterocycles. The molecular formula is C27H37N5O. The maximum absolute atomic E-state index is 13.2. The highest BCUT2D eigenvalue weighted by Gasteiger charge is 2.32. The monoisotopic (exact) mass is 447 g/mol. The van der Waals surface area contributed by atoms with Gasteiger partial charge < -0.3 is 14.7 Å². The van der Waals surface area contributed by atoms with Gasteiger partial charge in [-0.15, -0.1) is 10.2 Å². The average Bonchev–Trinajstić information content (AvgIpc) is 2.89. The molecule has 0 saturated carbocycles. The Morgan fingerprint density at radius 2 is 1.61 bits per heavy atom. The molecule has 6 nitrogen and oxygen atoms in total. The quantitative estimate of drug-likeness (QED) is 0.705. The summed E-state index contributed by atoms with van der Waals surface area (Å²) in [7, 11) is 0. The maximum atomic E-state index is 13.2. The zero-order valence-corrected chi connectivity index (χ0v) is 20.0. The van der Waals surface area contributed by atoms with Gasteiger partial charge in [0.05, 0.1) is 5.69 Å². The maximum Gasteiger partial charge on any atom is 0.225 e. The molecule has 3 fully saturated rings. The molecule has 0 radical (unpaired) electrons. The summed E-state index contributed by atoms with van der Waals surface area (Å²) < 4.78 is 0. The number of aryl methyl sites for hydroxylation is 1. The first kappa shape index (κ1) is 22.3. The topological polar surface area (TPSA) is 52.6 Å². The van der Waals surface area contributed by atoms with Crippen LogP contribution >= 0.6 is 0 Å². The molecule has 0 N–H and O–H groups in total. The van der Waals surface area contributed by atoms with Gasteiger partial charge in [-0.1, -0.05) is 30.2 Å². The van der Waals surface area contributed by atoms with Gasteiger partial charge in [0.15, 0.2) is 5.82 Å². The number of piperidine rings is 3. The number of amides is 1. The first-order valence-electron chi connectivity index (χ1n) is 12.9. The average molecular weight is 448 g/mol. The molecule has 0 unspecified atom stereocenters. The molecule has 0 atom stereocenters. The lowest BCUT2D eigenvalue weighted by molar-refractivity contribution is -0.137. The van der Waals surface area contributed by atoms with Crippen LogP contribution in [0, 0.1) is 12.8 Å². The van der Waals surface area contributed by atoms with Gasteiger partial charge >= 0.3 is 0 Å². The molecular weight excluding hydrogens is 410 g/mol. The third-order valence-electron chi connectivity index (χ3n) is 7.82. The van der Waals surface area contributed by atoms with Crippen molar-refractivity contribution in [1.29, 1.82) is 0 Å². The predicted octanol–water partition coefficient (Wildman–Crippen LogP) is 4.15. The standard InChI is InChI=1S/C27H37N5O/c1-21-6-5-7-23(20-21)25-8-9-26(29-28-25)31-16-10-22(11-17-31)27(33)32-18-12-24(13-19-32)30-14-3-2-4-15-30/h5-9,20,22,24H,2-4,10-19H2,1H3. The van der Waals surface area contributed by atoms with Crippen LogP contribution in [-0.2, 0) is 4.79 Å². The van der Waals surface area contributed by atoms with E-state index in [-0.39, 0.29) is 5.92 Å². The van der Waals surface area contributed by atoms with Gasteiger partial charge in [0.25, 0.3) is 0 Å². The van der Waals surface area contributed by atoms with E-state index in [9.17, 15) is 4.79 Å². The summed E-state index contributed by atoms with van der Waals surface area (Å²) in [6.07, 6.45) is 8.18. The molecule has 1 aromatic carbocycles. The summed E-state index contributed by atoms with van der Waals surface area (Å²) in [6.45, 7) is 8.22. The predicted molar refractivity (Wildman–Crippen MR) is 132 cm³/mol. The highest BCUT2D eigenvalue weighted by atomic mass is 16.2. The molecule has 1 aromatic heterocycles. The van der Waals surface area contributed by atoms with Crippen LogP contribution in [0.15, 0.2) is 36.4 Å². The Morgan fingerprint density at radius 1 is 0.848 bits per heavy atom. The highest BCUT2D eigenvalue weighted by Crippen LogP contribution is 2.27.